The van der Waals surface area contributed by atoms with E-state index in [0.717, 1.165) is 15.9 Å². The number of para-hydroxylation sites is 1. The van der Waals surface area contributed by atoms with Gasteiger partial charge in [0.15, 0.2) is 0 Å². The maximum atomic E-state index is 11.9. The Kier molecular flexibility index (Phi) is 6.49. The average Bonchev–Trinajstić information content (AvgIpc) is 3.36. The van der Waals surface area contributed by atoms with E-state index in [1.807, 2.05) is 29.2 Å². The number of fused-ring (bicyclic) bond motifs is 1. The Balaban J connectivity index is 1.36. The Morgan fingerprint density at radius 2 is 1.65 bits per heavy atom. The smallest absolute Gasteiger partial charge is 0.293 e. The minimum absolute atomic E-state index is 0.0286. The van der Waals surface area contributed by atoms with Crippen molar-refractivity contribution >= 4 is 56.0 Å². The molecule has 0 unspecified atom stereocenters. The second kappa shape index (κ2) is 10.0. The predicted molar refractivity (Wildman–Crippen MR) is 144 cm³/mol. The molecule has 0 amide bonds. The Bertz CT molecular complexity index is 1530. The number of aromatic nitrogens is 1. The van der Waals surface area contributed by atoms with Crippen LogP contribution in [0.25, 0.3) is 21.9 Å². The maximum absolute atomic E-state index is 11.9. The number of thiazole rings is 1. The van der Waals surface area contributed by atoms with Crippen molar-refractivity contribution in [3.8, 4) is 6.07 Å². The van der Waals surface area contributed by atoms with E-state index in [-0.39, 0.29) is 11.4 Å². The summed E-state index contributed by atoms with van der Waals surface area (Å²) in [7, 11) is 0. The van der Waals surface area contributed by atoms with Crippen molar-refractivity contribution in [2.75, 3.05) is 36.0 Å². The van der Waals surface area contributed by atoms with Crippen molar-refractivity contribution < 1.29 is 9.85 Å². The lowest BCUT2D eigenvalue weighted by molar-refractivity contribution is -0.384. The number of hydrogen-bond acceptors (Lipinski definition) is 9. The van der Waals surface area contributed by atoms with Crippen LogP contribution in [-0.4, -0.2) is 41.0 Å². The molecule has 0 N–H and O–H groups in total. The molecule has 1 aliphatic heterocycles. The zero-order valence-electron chi connectivity index (χ0n) is 19.5. The van der Waals surface area contributed by atoms with E-state index in [9.17, 15) is 25.5 Å². The van der Waals surface area contributed by atoms with E-state index in [1.54, 1.807) is 30.3 Å². The molecule has 10 nitrogen and oxygen atoms in total. The Hall–Kier alpha value is -4.82. The fraction of sp³-hybridized carbons (Fsp3) is 0.154. The van der Waals surface area contributed by atoms with Crippen molar-refractivity contribution in [1.82, 2.24) is 4.98 Å². The number of allylic oxidation sites excluding steroid dienone is 1. The topological polar surface area (TPSA) is 129 Å². The molecule has 3 aromatic carbocycles. The molecule has 1 saturated heterocycles. The normalized spacial score (nSPS) is 14.0. The molecule has 184 valence electrons. The monoisotopic (exact) mass is 512 g/mol. The van der Waals surface area contributed by atoms with Crippen LogP contribution in [0.2, 0.25) is 0 Å². The summed E-state index contributed by atoms with van der Waals surface area (Å²) in [6.45, 7) is 2.35. The highest BCUT2D eigenvalue weighted by atomic mass is 32.1. The van der Waals surface area contributed by atoms with Gasteiger partial charge in [-0.15, -0.1) is 11.3 Å². The lowest BCUT2D eigenvalue weighted by Crippen LogP contribution is -2.46. The number of rotatable bonds is 6. The minimum Gasteiger partial charge on any atom is -0.368 e. The third-order valence-corrected chi connectivity index (χ3v) is 7.27. The summed E-state index contributed by atoms with van der Waals surface area (Å²) in [6, 6.07) is 21.2. The first kappa shape index (κ1) is 23.9. The van der Waals surface area contributed by atoms with E-state index in [4.69, 9.17) is 0 Å². The minimum atomic E-state index is -0.432. The summed E-state index contributed by atoms with van der Waals surface area (Å²) in [5.74, 6) is 0. The van der Waals surface area contributed by atoms with Crippen molar-refractivity contribution in [3.05, 3.63) is 97.5 Å². The van der Waals surface area contributed by atoms with Crippen LogP contribution < -0.4 is 9.80 Å². The molecular formula is C26H20N6O4S. The van der Waals surface area contributed by atoms with Gasteiger partial charge in [0.1, 0.15) is 16.8 Å². The molecule has 0 radical (unpaired) electrons. The molecule has 0 spiro atoms. The molecule has 5 rings (SSSR count). The Morgan fingerprint density at radius 3 is 2.30 bits per heavy atom. The van der Waals surface area contributed by atoms with Crippen LogP contribution in [0.1, 0.15) is 10.6 Å². The second-order valence-corrected chi connectivity index (χ2v) is 9.44. The summed E-state index contributed by atoms with van der Waals surface area (Å²) in [4.78, 5) is 30.6. The fourth-order valence-corrected chi connectivity index (χ4v) is 5.26. The van der Waals surface area contributed by atoms with Crippen LogP contribution >= 0.6 is 11.3 Å². The van der Waals surface area contributed by atoms with Crippen LogP contribution in [-0.2, 0) is 0 Å². The number of benzene rings is 3. The van der Waals surface area contributed by atoms with Gasteiger partial charge in [0.05, 0.1) is 25.6 Å². The van der Waals surface area contributed by atoms with Gasteiger partial charge in [-0.2, -0.15) is 5.26 Å². The van der Waals surface area contributed by atoms with Gasteiger partial charge in [0, 0.05) is 50.1 Å². The van der Waals surface area contributed by atoms with Gasteiger partial charge in [-0.25, -0.2) is 4.98 Å². The highest BCUT2D eigenvalue weighted by Crippen LogP contribution is 2.33. The van der Waals surface area contributed by atoms with Gasteiger partial charge < -0.3 is 9.80 Å². The lowest BCUT2D eigenvalue weighted by atomic mass is 10.1. The molecule has 11 heteroatoms. The highest BCUT2D eigenvalue weighted by Gasteiger charge is 2.24. The number of nitro groups is 2. The summed E-state index contributed by atoms with van der Waals surface area (Å²) >= 11 is 1.40. The van der Waals surface area contributed by atoms with Crippen LogP contribution in [0.15, 0.2) is 66.7 Å². The zero-order chi connectivity index (χ0) is 25.9. The number of nitro benzene ring substituents is 2. The summed E-state index contributed by atoms with van der Waals surface area (Å²) in [5.41, 5.74) is 3.10. The van der Waals surface area contributed by atoms with E-state index in [0.29, 0.717) is 48.0 Å². The van der Waals surface area contributed by atoms with Crippen LogP contribution in [0.3, 0.4) is 0 Å². The summed E-state index contributed by atoms with van der Waals surface area (Å²) in [6.07, 6.45) is 1.63. The number of nitriles is 1. The van der Waals surface area contributed by atoms with Crippen LogP contribution in [0, 0.1) is 31.6 Å². The van der Waals surface area contributed by atoms with E-state index >= 15 is 0 Å². The van der Waals surface area contributed by atoms with Gasteiger partial charge in [-0.05, 0) is 42.0 Å². The Morgan fingerprint density at radius 1 is 0.946 bits per heavy atom. The van der Waals surface area contributed by atoms with Gasteiger partial charge in [-0.1, -0.05) is 18.2 Å². The molecule has 0 atom stereocenters. The van der Waals surface area contributed by atoms with Gasteiger partial charge >= 0.3 is 0 Å². The molecule has 37 heavy (non-hydrogen) atoms. The van der Waals surface area contributed by atoms with Crippen molar-refractivity contribution in [2.24, 2.45) is 0 Å². The van der Waals surface area contributed by atoms with Crippen LogP contribution in [0.5, 0.6) is 0 Å². The maximum Gasteiger partial charge on any atom is 0.293 e. The molecule has 1 aromatic heterocycles. The number of nitrogens with zero attached hydrogens (tertiary/aromatic N) is 6. The number of piperazine rings is 1. The first-order valence-corrected chi connectivity index (χ1v) is 12.2. The zero-order valence-corrected chi connectivity index (χ0v) is 20.3. The number of anilines is 2. The molecule has 1 aliphatic rings. The van der Waals surface area contributed by atoms with Gasteiger partial charge in [0.25, 0.3) is 11.4 Å². The molecule has 0 saturated carbocycles. The Labute approximate surface area is 215 Å². The van der Waals surface area contributed by atoms with E-state index < -0.39 is 9.85 Å². The molecule has 1 fully saturated rings. The summed E-state index contributed by atoms with van der Waals surface area (Å²) in [5, 5.41) is 33.1. The fourth-order valence-electron chi connectivity index (χ4n) is 4.33. The first-order valence-electron chi connectivity index (χ1n) is 11.4. The van der Waals surface area contributed by atoms with Gasteiger partial charge in [-0.3, -0.25) is 20.2 Å². The molecule has 2 heterocycles. The summed E-state index contributed by atoms with van der Waals surface area (Å²) < 4.78 is 0.966. The van der Waals surface area contributed by atoms with Crippen molar-refractivity contribution in [2.45, 2.75) is 0 Å². The number of non-ortho nitro benzene ring substituents is 1. The SMILES string of the molecule is N#C/C(=C/c1ccc(N2CCN(c3ccc([N+](=O)[O-])cc3)CC2)c([N+](=O)[O-])c1)c1nc2ccccc2s1. The molecule has 0 aliphatic carbocycles. The number of hydrogen-bond donors (Lipinski definition) is 0. The highest BCUT2D eigenvalue weighted by molar-refractivity contribution is 7.19. The van der Waals surface area contributed by atoms with Gasteiger partial charge in [0.2, 0.25) is 0 Å². The lowest BCUT2D eigenvalue weighted by Gasteiger charge is -2.37. The quantitative estimate of drug-likeness (QED) is 0.188. The van der Waals surface area contributed by atoms with E-state index in [2.05, 4.69) is 16.0 Å². The van der Waals surface area contributed by atoms with Crippen molar-refractivity contribution in [3.63, 3.8) is 0 Å². The first-order chi connectivity index (χ1) is 17.9. The predicted octanol–water partition coefficient (Wildman–Crippen LogP) is 5.50. The average molecular weight is 513 g/mol. The molecule has 0 bridgehead atoms. The molecular weight excluding hydrogens is 492 g/mol. The largest absolute Gasteiger partial charge is 0.368 e. The standard InChI is InChI=1S/C26H20N6O4S/c27-17-19(26-28-22-3-1-2-4-25(22)37-26)15-18-5-10-23(24(16-18)32(35)36)30-13-11-29(12-14-30)20-6-8-21(9-7-20)31(33)34/h1-10,15-16H,11-14H2/b19-15-. The second-order valence-electron chi connectivity index (χ2n) is 8.41. The van der Waals surface area contributed by atoms with E-state index in [1.165, 1.54) is 29.5 Å². The third kappa shape index (κ3) is 4.96. The third-order valence-electron chi connectivity index (χ3n) is 6.20. The van der Waals surface area contributed by atoms with Crippen molar-refractivity contribution in [1.29, 1.82) is 5.26 Å². The molecule has 4 aromatic rings. The van der Waals surface area contributed by atoms with Crippen LogP contribution in [0.4, 0.5) is 22.7 Å².